The fraction of sp³-hybridized carbons (Fsp3) is 0.440. The number of benzene rings is 2. The molecule has 2 aromatic carbocycles. The van der Waals surface area contributed by atoms with Crippen LogP contribution in [-0.2, 0) is 16.1 Å². The predicted molar refractivity (Wildman–Crippen MR) is 127 cm³/mol. The number of carbonyl (C=O) groups is 2. The number of halogens is 1. The van der Waals surface area contributed by atoms with Crippen molar-refractivity contribution in [3.63, 3.8) is 0 Å². The van der Waals surface area contributed by atoms with Crippen molar-refractivity contribution in [1.29, 1.82) is 0 Å². The zero-order valence-electron chi connectivity index (χ0n) is 18.6. The average Bonchev–Trinajstić information content (AvgIpc) is 3.26. The zero-order chi connectivity index (χ0) is 23.0. The van der Waals surface area contributed by atoms with Crippen LogP contribution in [0.15, 0.2) is 42.5 Å². The molecule has 0 bridgehead atoms. The van der Waals surface area contributed by atoms with Crippen molar-refractivity contribution in [2.24, 2.45) is 0 Å². The van der Waals surface area contributed by atoms with Crippen molar-refractivity contribution in [3.8, 4) is 11.5 Å². The van der Waals surface area contributed by atoms with Gasteiger partial charge in [0.2, 0.25) is 18.6 Å². The van der Waals surface area contributed by atoms with E-state index >= 15 is 0 Å². The Labute approximate surface area is 199 Å². The Hall–Kier alpha value is -2.77. The summed E-state index contributed by atoms with van der Waals surface area (Å²) in [6.07, 6.45) is 2.77. The Morgan fingerprint density at radius 3 is 2.55 bits per heavy atom. The molecule has 2 heterocycles. The molecule has 7 nitrogen and oxygen atoms in total. The predicted octanol–water partition coefficient (Wildman–Crippen LogP) is 3.46. The van der Waals surface area contributed by atoms with E-state index in [2.05, 4.69) is 22.8 Å². The van der Waals surface area contributed by atoms with Crippen LogP contribution in [0.2, 0.25) is 5.02 Å². The first-order valence-electron chi connectivity index (χ1n) is 11.5. The van der Waals surface area contributed by atoms with Gasteiger partial charge in [-0.2, -0.15) is 0 Å². The Balaban J connectivity index is 1.42. The quantitative estimate of drug-likeness (QED) is 0.716. The zero-order valence-corrected chi connectivity index (χ0v) is 19.4. The van der Waals surface area contributed by atoms with Gasteiger partial charge in [0, 0.05) is 43.7 Å². The molecule has 2 aliphatic heterocycles. The van der Waals surface area contributed by atoms with Gasteiger partial charge in [0.25, 0.3) is 0 Å². The van der Waals surface area contributed by atoms with Gasteiger partial charge in [0.05, 0.1) is 6.54 Å². The topological polar surface area (TPSA) is 79.9 Å². The lowest BCUT2D eigenvalue weighted by atomic mass is 9.91. The third kappa shape index (κ3) is 6.62. The first-order valence-corrected chi connectivity index (χ1v) is 11.8. The minimum absolute atomic E-state index is 0.0141. The summed E-state index contributed by atoms with van der Waals surface area (Å²) < 4.78 is 10.9. The minimum atomic E-state index is -0.0141. The van der Waals surface area contributed by atoms with E-state index in [4.69, 9.17) is 21.1 Å². The van der Waals surface area contributed by atoms with Crippen LogP contribution in [-0.4, -0.2) is 49.7 Å². The summed E-state index contributed by atoms with van der Waals surface area (Å²) in [6.45, 7) is 2.74. The standard InChI is InChI=1S/C25H30ClN3O4/c26-21-14-23-22(32-17-33-23)13-20(21)15-29-12-4-10-27-24(30)8-7-19(9-11-28-25(31)16-29)18-5-2-1-3-6-18/h1-3,5-6,13-14,19H,4,7-12,15-17H2,(H,27,30)(H,28,31). The van der Waals surface area contributed by atoms with E-state index in [9.17, 15) is 9.59 Å². The van der Waals surface area contributed by atoms with Gasteiger partial charge in [-0.25, -0.2) is 0 Å². The molecule has 2 aromatic rings. The normalized spacial score (nSPS) is 20.6. The third-order valence-electron chi connectivity index (χ3n) is 6.08. The summed E-state index contributed by atoms with van der Waals surface area (Å²) in [6, 6.07) is 13.8. The molecule has 2 N–H and O–H groups in total. The fourth-order valence-electron chi connectivity index (χ4n) is 4.31. The number of carbonyl (C=O) groups excluding carboxylic acids is 2. The lowest BCUT2D eigenvalue weighted by Crippen LogP contribution is -2.39. The van der Waals surface area contributed by atoms with Gasteiger partial charge in [-0.05, 0) is 42.4 Å². The van der Waals surface area contributed by atoms with E-state index < -0.39 is 0 Å². The first kappa shape index (κ1) is 23.4. The van der Waals surface area contributed by atoms with Crippen molar-refractivity contribution < 1.29 is 19.1 Å². The molecule has 2 aliphatic rings. The summed E-state index contributed by atoms with van der Waals surface area (Å²) in [7, 11) is 0. The number of ether oxygens (including phenoxy) is 2. The largest absolute Gasteiger partial charge is 0.454 e. The number of amides is 2. The smallest absolute Gasteiger partial charge is 0.234 e. The van der Waals surface area contributed by atoms with Crippen LogP contribution in [0.1, 0.15) is 42.7 Å². The summed E-state index contributed by atoms with van der Waals surface area (Å²) in [5.74, 6) is 1.59. The molecular weight excluding hydrogens is 442 g/mol. The molecule has 1 unspecified atom stereocenters. The minimum Gasteiger partial charge on any atom is -0.454 e. The Bertz CT molecular complexity index is 970. The van der Waals surface area contributed by atoms with Crippen LogP contribution in [0.5, 0.6) is 11.5 Å². The maximum Gasteiger partial charge on any atom is 0.234 e. The summed E-state index contributed by atoms with van der Waals surface area (Å²) >= 11 is 6.46. The van der Waals surface area contributed by atoms with Gasteiger partial charge in [-0.3, -0.25) is 14.5 Å². The van der Waals surface area contributed by atoms with Crippen molar-refractivity contribution in [2.75, 3.05) is 33.0 Å². The van der Waals surface area contributed by atoms with E-state index in [1.807, 2.05) is 29.2 Å². The number of hydrogen-bond donors (Lipinski definition) is 2. The second-order valence-corrected chi connectivity index (χ2v) is 8.90. The van der Waals surface area contributed by atoms with Crippen molar-refractivity contribution in [3.05, 3.63) is 58.6 Å². The number of fused-ring (bicyclic) bond motifs is 1. The first-order chi connectivity index (χ1) is 16.1. The fourth-order valence-corrected chi connectivity index (χ4v) is 4.52. The molecule has 2 amide bonds. The molecule has 0 radical (unpaired) electrons. The highest BCUT2D eigenvalue weighted by Gasteiger charge is 2.20. The van der Waals surface area contributed by atoms with Gasteiger partial charge in [0.15, 0.2) is 11.5 Å². The maximum absolute atomic E-state index is 12.7. The Morgan fingerprint density at radius 2 is 1.73 bits per heavy atom. The molecule has 0 saturated carbocycles. The number of rotatable bonds is 3. The van der Waals surface area contributed by atoms with E-state index in [1.54, 1.807) is 6.07 Å². The maximum atomic E-state index is 12.7. The van der Waals surface area contributed by atoms with Crippen LogP contribution in [0.4, 0.5) is 0 Å². The molecule has 1 saturated heterocycles. The van der Waals surface area contributed by atoms with Gasteiger partial charge >= 0.3 is 0 Å². The summed E-state index contributed by atoms with van der Waals surface area (Å²) in [4.78, 5) is 27.1. The number of hydrogen-bond acceptors (Lipinski definition) is 5. The van der Waals surface area contributed by atoms with E-state index in [-0.39, 0.29) is 31.1 Å². The second kappa shape index (κ2) is 11.4. The Kier molecular flexibility index (Phi) is 8.07. The molecule has 33 heavy (non-hydrogen) atoms. The number of nitrogens with one attached hydrogen (secondary N) is 2. The molecule has 4 rings (SSSR count). The van der Waals surface area contributed by atoms with E-state index in [1.165, 1.54) is 5.56 Å². The van der Waals surface area contributed by atoms with Crippen LogP contribution in [0, 0.1) is 0 Å². The second-order valence-electron chi connectivity index (χ2n) is 8.50. The summed E-state index contributed by atoms with van der Waals surface area (Å²) in [5, 5.41) is 6.66. The molecule has 0 spiro atoms. The van der Waals surface area contributed by atoms with Crippen LogP contribution in [0.3, 0.4) is 0 Å². The highest BCUT2D eigenvalue weighted by molar-refractivity contribution is 6.31. The monoisotopic (exact) mass is 471 g/mol. The van der Waals surface area contributed by atoms with Crippen LogP contribution >= 0.6 is 11.6 Å². The molecule has 176 valence electrons. The van der Waals surface area contributed by atoms with Gasteiger partial charge in [-0.1, -0.05) is 41.9 Å². The lowest BCUT2D eigenvalue weighted by molar-refractivity contribution is -0.123. The molecule has 1 atom stereocenters. The van der Waals surface area contributed by atoms with Gasteiger partial charge in [0.1, 0.15) is 0 Å². The van der Waals surface area contributed by atoms with Crippen LogP contribution < -0.4 is 20.1 Å². The SMILES string of the molecule is O=C1CCC(c2ccccc2)CCNC(=O)CN(Cc2cc3c(cc2Cl)OCO3)CCCN1. The molecule has 0 aliphatic carbocycles. The highest BCUT2D eigenvalue weighted by Crippen LogP contribution is 2.37. The third-order valence-corrected chi connectivity index (χ3v) is 6.43. The van der Waals surface area contributed by atoms with Gasteiger partial charge < -0.3 is 20.1 Å². The summed E-state index contributed by atoms with van der Waals surface area (Å²) in [5.41, 5.74) is 2.08. The Morgan fingerprint density at radius 1 is 0.970 bits per heavy atom. The highest BCUT2D eigenvalue weighted by atomic mass is 35.5. The van der Waals surface area contributed by atoms with E-state index in [0.717, 1.165) is 24.8 Å². The van der Waals surface area contributed by atoms with Crippen LogP contribution in [0.25, 0.3) is 0 Å². The lowest BCUT2D eigenvalue weighted by Gasteiger charge is -2.24. The van der Waals surface area contributed by atoms with Crippen molar-refractivity contribution >= 4 is 23.4 Å². The molecular formula is C25H30ClN3O4. The van der Waals surface area contributed by atoms with Crippen molar-refractivity contribution in [1.82, 2.24) is 15.5 Å². The molecule has 1 fully saturated rings. The molecule has 8 heteroatoms. The van der Waals surface area contributed by atoms with E-state index in [0.29, 0.717) is 49.1 Å². The molecule has 0 aromatic heterocycles. The number of nitrogens with zero attached hydrogens (tertiary/aromatic N) is 1. The van der Waals surface area contributed by atoms with Crippen molar-refractivity contribution in [2.45, 2.75) is 38.1 Å². The van der Waals surface area contributed by atoms with Gasteiger partial charge in [-0.15, -0.1) is 0 Å². The average molecular weight is 472 g/mol.